The topological polar surface area (TPSA) is 68.0 Å². The fourth-order valence-corrected chi connectivity index (χ4v) is 2.10. The maximum absolute atomic E-state index is 11.0. The zero-order chi connectivity index (χ0) is 11.7. The van der Waals surface area contributed by atoms with E-state index in [2.05, 4.69) is 10.3 Å². The lowest BCUT2D eigenvalue weighted by Crippen LogP contribution is -2.21. The second kappa shape index (κ2) is 4.23. The number of aromatic carboxylic acids is 1. The number of hydrogen-bond donors (Lipinski definition) is 1. The highest BCUT2D eigenvalue weighted by molar-refractivity contribution is 5.86. The van der Waals surface area contributed by atoms with Crippen LogP contribution in [0.15, 0.2) is 0 Å². The summed E-state index contributed by atoms with van der Waals surface area (Å²) < 4.78 is 1.78. The van der Waals surface area contributed by atoms with Crippen LogP contribution >= 0.6 is 0 Å². The molecule has 0 unspecified atom stereocenters. The number of carbonyl (C=O) groups is 1. The molecule has 1 aliphatic carbocycles. The van der Waals surface area contributed by atoms with Crippen LogP contribution < -0.4 is 0 Å². The molecule has 88 valence electrons. The number of nitrogens with zero attached hydrogens (tertiary/aromatic N) is 3. The Morgan fingerprint density at radius 1 is 1.56 bits per heavy atom. The van der Waals surface area contributed by atoms with Gasteiger partial charge in [-0.25, -0.2) is 9.48 Å². The molecule has 2 rings (SSSR count). The SMILES string of the molecule is CC(C)c1c(C(=O)O)nnn1CC1CCC1. The summed E-state index contributed by atoms with van der Waals surface area (Å²) in [6.45, 7) is 4.76. The van der Waals surface area contributed by atoms with Crippen molar-refractivity contribution in [1.29, 1.82) is 0 Å². The monoisotopic (exact) mass is 223 g/mol. The summed E-state index contributed by atoms with van der Waals surface area (Å²) in [6, 6.07) is 0. The Morgan fingerprint density at radius 2 is 2.25 bits per heavy atom. The van der Waals surface area contributed by atoms with Crippen LogP contribution in [0, 0.1) is 5.92 Å². The Balaban J connectivity index is 2.25. The van der Waals surface area contributed by atoms with Crippen LogP contribution in [-0.2, 0) is 6.54 Å². The lowest BCUT2D eigenvalue weighted by atomic mass is 9.85. The van der Waals surface area contributed by atoms with Crippen LogP contribution in [0.4, 0.5) is 0 Å². The quantitative estimate of drug-likeness (QED) is 0.846. The summed E-state index contributed by atoms with van der Waals surface area (Å²) >= 11 is 0. The van der Waals surface area contributed by atoms with E-state index in [1.165, 1.54) is 19.3 Å². The van der Waals surface area contributed by atoms with Crippen LogP contribution in [-0.4, -0.2) is 26.1 Å². The fourth-order valence-electron chi connectivity index (χ4n) is 2.10. The van der Waals surface area contributed by atoms with E-state index in [9.17, 15) is 4.79 Å². The van der Waals surface area contributed by atoms with Gasteiger partial charge in [0.1, 0.15) is 0 Å². The van der Waals surface area contributed by atoms with Gasteiger partial charge in [-0.15, -0.1) is 5.10 Å². The molecule has 5 heteroatoms. The third kappa shape index (κ3) is 1.94. The Morgan fingerprint density at radius 3 is 2.69 bits per heavy atom. The zero-order valence-electron chi connectivity index (χ0n) is 9.68. The van der Waals surface area contributed by atoms with E-state index < -0.39 is 5.97 Å². The van der Waals surface area contributed by atoms with E-state index in [4.69, 9.17) is 5.11 Å². The van der Waals surface area contributed by atoms with Crippen molar-refractivity contribution in [3.63, 3.8) is 0 Å². The molecule has 1 aliphatic rings. The Labute approximate surface area is 94.5 Å². The van der Waals surface area contributed by atoms with Crippen LogP contribution in [0.2, 0.25) is 0 Å². The van der Waals surface area contributed by atoms with E-state index in [1.54, 1.807) is 4.68 Å². The highest BCUT2D eigenvalue weighted by Gasteiger charge is 2.25. The molecular weight excluding hydrogens is 206 g/mol. The minimum absolute atomic E-state index is 0.106. The third-order valence-electron chi connectivity index (χ3n) is 3.18. The summed E-state index contributed by atoms with van der Waals surface area (Å²) in [5.74, 6) is -0.189. The Kier molecular flexibility index (Phi) is 2.94. The molecule has 0 spiro atoms. The van der Waals surface area contributed by atoms with Gasteiger partial charge in [0.2, 0.25) is 0 Å². The molecule has 0 bridgehead atoms. The van der Waals surface area contributed by atoms with Crippen LogP contribution in [0.1, 0.15) is 55.2 Å². The standard InChI is InChI=1S/C11H17N3O2/c1-7(2)10-9(11(15)16)12-13-14(10)6-8-4-3-5-8/h7-8H,3-6H2,1-2H3,(H,15,16). The van der Waals surface area contributed by atoms with Crippen LogP contribution in [0.5, 0.6) is 0 Å². The minimum Gasteiger partial charge on any atom is -0.476 e. The van der Waals surface area contributed by atoms with Crippen LogP contribution in [0.3, 0.4) is 0 Å². The molecule has 1 aromatic heterocycles. The van der Waals surface area contributed by atoms with Gasteiger partial charge < -0.3 is 5.11 Å². The van der Waals surface area contributed by atoms with Gasteiger partial charge in [-0.2, -0.15) is 0 Å². The van der Waals surface area contributed by atoms with Crippen molar-refractivity contribution in [2.45, 2.75) is 45.6 Å². The molecule has 5 nitrogen and oxygen atoms in total. The number of rotatable bonds is 4. The van der Waals surface area contributed by atoms with Gasteiger partial charge in [0, 0.05) is 6.54 Å². The van der Waals surface area contributed by atoms with Crippen molar-refractivity contribution >= 4 is 5.97 Å². The first-order chi connectivity index (χ1) is 7.59. The summed E-state index contributed by atoms with van der Waals surface area (Å²) in [5.41, 5.74) is 0.855. The van der Waals surface area contributed by atoms with E-state index in [-0.39, 0.29) is 11.6 Å². The summed E-state index contributed by atoms with van der Waals surface area (Å²) in [5, 5.41) is 16.7. The largest absolute Gasteiger partial charge is 0.476 e. The Bertz CT molecular complexity index is 394. The maximum Gasteiger partial charge on any atom is 0.358 e. The number of hydrogen-bond acceptors (Lipinski definition) is 3. The minimum atomic E-state index is -0.983. The molecule has 16 heavy (non-hydrogen) atoms. The first-order valence-electron chi connectivity index (χ1n) is 5.76. The fraction of sp³-hybridized carbons (Fsp3) is 0.727. The van der Waals surface area contributed by atoms with E-state index in [0.29, 0.717) is 5.92 Å². The predicted octanol–water partition coefficient (Wildman–Crippen LogP) is 1.90. The molecule has 0 radical (unpaired) electrons. The van der Waals surface area contributed by atoms with E-state index in [0.717, 1.165) is 12.2 Å². The average Bonchev–Trinajstić information content (AvgIpc) is 2.54. The molecule has 0 saturated heterocycles. The maximum atomic E-state index is 11.0. The Hall–Kier alpha value is -1.39. The zero-order valence-corrected chi connectivity index (χ0v) is 9.68. The highest BCUT2D eigenvalue weighted by atomic mass is 16.4. The molecule has 1 heterocycles. The smallest absolute Gasteiger partial charge is 0.358 e. The van der Waals surface area contributed by atoms with Crippen LogP contribution in [0.25, 0.3) is 0 Å². The van der Waals surface area contributed by atoms with Crippen molar-refractivity contribution in [2.24, 2.45) is 5.92 Å². The van der Waals surface area contributed by atoms with Gasteiger partial charge in [-0.05, 0) is 24.7 Å². The lowest BCUT2D eigenvalue weighted by Gasteiger charge is -2.25. The van der Waals surface area contributed by atoms with Gasteiger partial charge in [0.25, 0.3) is 0 Å². The van der Waals surface area contributed by atoms with Gasteiger partial charge in [0.05, 0.1) is 5.69 Å². The van der Waals surface area contributed by atoms with E-state index in [1.807, 2.05) is 13.8 Å². The average molecular weight is 223 g/mol. The van der Waals surface area contributed by atoms with Gasteiger partial charge in [-0.3, -0.25) is 0 Å². The molecule has 0 aliphatic heterocycles. The molecule has 1 fully saturated rings. The molecule has 0 amide bonds. The summed E-state index contributed by atoms with van der Waals surface area (Å²) in [6.07, 6.45) is 3.72. The predicted molar refractivity (Wildman–Crippen MR) is 58.4 cm³/mol. The number of carboxylic acids is 1. The first kappa shape index (κ1) is 11.1. The van der Waals surface area contributed by atoms with Crippen molar-refractivity contribution in [2.75, 3.05) is 0 Å². The molecule has 0 atom stereocenters. The second-order valence-corrected chi connectivity index (χ2v) is 4.76. The third-order valence-corrected chi connectivity index (χ3v) is 3.18. The van der Waals surface area contributed by atoms with Crippen molar-refractivity contribution < 1.29 is 9.90 Å². The molecular formula is C11H17N3O2. The normalized spacial score (nSPS) is 16.4. The van der Waals surface area contributed by atoms with Gasteiger partial charge in [0.15, 0.2) is 5.69 Å². The van der Waals surface area contributed by atoms with Crippen molar-refractivity contribution in [3.8, 4) is 0 Å². The lowest BCUT2D eigenvalue weighted by molar-refractivity contribution is 0.0688. The molecule has 1 saturated carbocycles. The summed E-state index contributed by atoms with van der Waals surface area (Å²) in [4.78, 5) is 11.0. The molecule has 0 aromatic carbocycles. The number of aromatic nitrogens is 3. The van der Waals surface area contributed by atoms with Gasteiger partial charge in [-0.1, -0.05) is 25.5 Å². The first-order valence-corrected chi connectivity index (χ1v) is 5.76. The summed E-state index contributed by atoms with van der Waals surface area (Å²) in [7, 11) is 0. The molecule has 1 N–H and O–H groups in total. The second-order valence-electron chi connectivity index (χ2n) is 4.76. The molecule has 1 aromatic rings. The van der Waals surface area contributed by atoms with E-state index >= 15 is 0 Å². The number of carboxylic acid groups (broad SMARTS) is 1. The van der Waals surface area contributed by atoms with Crippen molar-refractivity contribution in [3.05, 3.63) is 11.4 Å². The van der Waals surface area contributed by atoms with Gasteiger partial charge >= 0.3 is 5.97 Å². The highest BCUT2D eigenvalue weighted by Crippen LogP contribution is 2.29. The van der Waals surface area contributed by atoms with Crippen molar-refractivity contribution in [1.82, 2.24) is 15.0 Å².